The summed E-state index contributed by atoms with van der Waals surface area (Å²) in [7, 11) is 0. The third-order valence-corrected chi connectivity index (χ3v) is 4.47. The first-order valence-electron chi connectivity index (χ1n) is 6.18. The minimum absolute atomic E-state index is 0.708. The van der Waals surface area contributed by atoms with Crippen LogP contribution in [0.5, 0.6) is 5.75 Å². The number of hydrogen-bond acceptors (Lipinski definition) is 4. The Bertz CT molecular complexity index is 542. The molecule has 19 heavy (non-hydrogen) atoms. The number of hydrogen-bond donors (Lipinski definition) is 2. The van der Waals surface area contributed by atoms with Gasteiger partial charge in [0.2, 0.25) is 0 Å². The Labute approximate surface area is 125 Å². The molecule has 0 aliphatic rings. The summed E-state index contributed by atoms with van der Waals surface area (Å²) in [6, 6.07) is 7.80. The van der Waals surface area contributed by atoms with Crippen molar-refractivity contribution < 1.29 is 4.74 Å². The minimum Gasteiger partial charge on any atom is -0.493 e. The Morgan fingerprint density at radius 3 is 2.89 bits per heavy atom. The maximum Gasteiger partial charge on any atom is 0.123 e. The Morgan fingerprint density at radius 2 is 2.21 bits per heavy atom. The molecule has 3 nitrogen and oxygen atoms in total. The first kappa shape index (κ1) is 14.2. The van der Waals surface area contributed by atoms with Crippen LogP contribution in [-0.4, -0.2) is 6.61 Å². The van der Waals surface area contributed by atoms with Crippen LogP contribution in [0.2, 0.25) is 0 Å². The molecule has 1 aromatic carbocycles. The van der Waals surface area contributed by atoms with Crippen LogP contribution < -0.4 is 15.8 Å². The molecule has 5 heteroatoms. The smallest absolute Gasteiger partial charge is 0.123 e. The normalized spacial score (nSPS) is 10.4. The Hall–Kier alpha value is -1.20. The molecule has 2 aromatic rings. The van der Waals surface area contributed by atoms with Gasteiger partial charge in [0.25, 0.3) is 0 Å². The highest BCUT2D eigenvalue weighted by atomic mass is 79.9. The van der Waals surface area contributed by atoms with Gasteiger partial charge in [0, 0.05) is 32.9 Å². The molecule has 0 amide bonds. The number of rotatable bonds is 6. The molecule has 0 unspecified atom stereocenters. The number of nitrogens with two attached hydrogens (primary N) is 1. The minimum atomic E-state index is 0.708. The third-order valence-electron chi connectivity index (χ3n) is 2.55. The van der Waals surface area contributed by atoms with Gasteiger partial charge in [-0.1, -0.05) is 6.92 Å². The van der Waals surface area contributed by atoms with E-state index in [0.717, 1.165) is 28.9 Å². The Kier molecular flexibility index (Phi) is 5.10. The van der Waals surface area contributed by atoms with Crippen LogP contribution in [0.3, 0.4) is 0 Å². The molecule has 0 spiro atoms. The van der Waals surface area contributed by atoms with Crippen molar-refractivity contribution in [2.24, 2.45) is 0 Å². The predicted molar refractivity (Wildman–Crippen MR) is 86.0 cm³/mol. The van der Waals surface area contributed by atoms with Gasteiger partial charge in [-0.25, -0.2) is 0 Å². The van der Waals surface area contributed by atoms with E-state index in [1.807, 2.05) is 18.2 Å². The zero-order valence-corrected chi connectivity index (χ0v) is 13.2. The topological polar surface area (TPSA) is 47.3 Å². The number of anilines is 2. The fourth-order valence-electron chi connectivity index (χ4n) is 1.66. The largest absolute Gasteiger partial charge is 0.493 e. The van der Waals surface area contributed by atoms with Gasteiger partial charge in [-0.05, 0) is 39.9 Å². The molecule has 0 aliphatic heterocycles. The lowest BCUT2D eigenvalue weighted by molar-refractivity contribution is 0.318. The maximum absolute atomic E-state index is 5.88. The van der Waals surface area contributed by atoms with E-state index in [9.17, 15) is 0 Å². The highest BCUT2D eigenvalue weighted by Gasteiger charge is 2.03. The zero-order chi connectivity index (χ0) is 13.7. The fourth-order valence-corrected chi connectivity index (χ4v) is 3.09. The molecular weight excluding hydrogens is 324 g/mol. The van der Waals surface area contributed by atoms with E-state index in [0.29, 0.717) is 12.3 Å². The second-order valence-electron chi connectivity index (χ2n) is 4.18. The average Bonchev–Trinajstić information content (AvgIpc) is 2.79. The number of nitrogens with one attached hydrogen (secondary N) is 1. The Balaban J connectivity index is 2.03. The van der Waals surface area contributed by atoms with E-state index < -0.39 is 0 Å². The molecule has 0 saturated carbocycles. The number of ether oxygens (including phenoxy) is 1. The Morgan fingerprint density at radius 1 is 1.37 bits per heavy atom. The maximum atomic E-state index is 5.88. The molecule has 0 saturated heterocycles. The van der Waals surface area contributed by atoms with Gasteiger partial charge in [-0.15, -0.1) is 11.3 Å². The van der Waals surface area contributed by atoms with Crippen molar-refractivity contribution in [2.75, 3.05) is 17.7 Å². The molecule has 0 radical (unpaired) electrons. The van der Waals surface area contributed by atoms with E-state index in [-0.39, 0.29) is 0 Å². The summed E-state index contributed by atoms with van der Waals surface area (Å²) in [6.07, 6.45) is 0.986. The van der Waals surface area contributed by atoms with E-state index in [4.69, 9.17) is 10.5 Å². The molecule has 0 aliphatic carbocycles. The third kappa shape index (κ3) is 4.14. The first-order chi connectivity index (χ1) is 9.19. The van der Waals surface area contributed by atoms with Crippen LogP contribution in [0.15, 0.2) is 34.1 Å². The van der Waals surface area contributed by atoms with Crippen molar-refractivity contribution >= 4 is 38.6 Å². The molecule has 0 fully saturated rings. The molecule has 3 N–H and O–H groups in total. The standard InChI is InChI=1S/C14H17BrN2OS/c1-2-4-18-12-7-10(16)6-11(8-12)17-9-14-13(15)3-5-19-14/h3,5-8,17H,2,4,9,16H2,1H3. The molecule has 2 rings (SSSR count). The summed E-state index contributed by atoms with van der Waals surface area (Å²) in [5, 5.41) is 5.43. The molecular formula is C14H17BrN2OS. The van der Waals surface area contributed by atoms with E-state index in [1.165, 1.54) is 4.88 Å². The highest BCUT2D eigenvalue weighted by Crippen LogP contribution is 2.26. The van der Waals surface area contributed by atoms with Gasteiger partial charge in [0.1, 0.15) is 5.75 Å². The monoisotopic (exact) mass is 340 g/mol. The highest BCUT2D eigenvalue weighted by molar-refractivity contribution is 9.10. The van der Waals surface area contributed by atoms with Gasteiger partial charge in [-0.2, -0.15) is 0 Å². The van der Waals surface area contributed by atoms with Crippen LogP contribution in [-0.2, 0) is 6.54 Å². The van der Waals surface area contributed by atoms with Crippen LogP contribution >= 0.6 is 27.3 Å². The van der Waals surface area contributed by atoms with Crippen LogP contribution in [0.4, 0.5) is 11.4 Å². The molecule has 0 bridgehead atoms. The number of halogens is 1. The van der Waals surface area contributed by atoms with Crippen molar-refractivity contribution in [1.29, 1.82) is 0 Å². The molecule has 1 heterocycles. The van der Waals surface area contributed by atoms with Gasteiger partial charge >= 0.3 is 0 Å². The van der Waals surface area contributed by atoms with E-state index in [2.05, 4.69) is 39.6 Å². The lowest BCUT2D eigenvalue weighted by Gasteiger charge is -2.10. The van der Waals surface area contributed by atoms with Crippen LogP contribution in [0, 0.1) is 0 Å². The second-order valence-corrected chi connectivity index (χ2v) is 6.04. The summed E-state index contributed by atoms with van der Waals surface area (Å²) in [6.45, 7) is 3.56. The predicted octanol–water partition coefficient (Wildman–Crippen LogP) is 4.49. The summed E-state index contributed by atoms with van der Waals surface area (Å²) in [5.41, 5.74) is 7.57. The zero-order valence-electron chi connectivity index (χ0n) is 10.8. The number of benzene rings is 1. The van der Waals surface area contributed by atoms with E-state index in [1.54, 1.807) is 11.3 Å². The number of thiophene rings is 1. The first-order valence-corrected chi connectivity index (χ1v) is 7.85. The fraction of sp³-hybridized carbons (Fsp3) is 0.286. The van der Waals surface area contributed by atoms with Crippen molar-refractivity contribution in [3.8, 4) is 5.75 Å². The molecule has 1 aromatic heterocycles. The van der Waals surface area contributed by atoms with Crippen LogP contribution in [0.25, 0.3) is 0 Å². The SMILES string of the molecule is CCCOc1cc(N)cc(NCc2sccc2Br)c1. The molecule has 102 valence electrons. The lowest BCUT2D eigenvalue weighted by atomic mass is 10.2. The van der Waals surface area contributed by atoms with Crippen molar-refractivity contribution in [1.82, 2.24) is 0 Å². The summed E-state index contributed by atoms with van der Waals surface area (Å²) in [4.78, 5) is 1.26. The second kappa shape index (κ2) is 6.82. The van der Waals surface area contributed by atoms with Gasteiger partial charge in [0.05, 0.1) is 13.2 Å². The van der Waals surface area contributed by atoms with Gasteiger partial charge in [0.15, 0.2) is 0 Å². The number of nitrogen functional groups attached to an aromatic ring is 1. The summed E-state index contributed by atoms with van der Waals surface area (Å²) < 4.78 is 6.75. The van der Waals surface area contributed by atoms with Gasteiger partial charge < -0.3 is 15.8 Å². The summed E-state index contributed by atoms with van der Waals surface area (Å²) in [5.74, 6) is 0.814. The molecule has 0 atom stereocenters. The summed E-state index contributed by atoms with van der Waals surface area (Å²) >= 11 is 5.24. The average molecular weight is 341 g/mol. The van der Waals surface area contributed by atoms with Crippen LogP contribution in [0.1, 0.15) is 18.2 Å². The van der Waals surface area contributed by atoms with Crippen molar-refractivity contribution in [3.63, 3.8) is 0 Å². The lowest BCUT2D eigenvalue weighted by Crippen LogP contribution is -2.01. The van der Waals surface area contributed by atoms with Crippen molar-refractivity contribution in [2.45, 2.75) is 19.9 Å². The van der Waals surface area contributed by atoms with Gasteiger partial charge in [-0.3, -0.25) is 0 Å². The quantitative estimate of drug-likeness (QED) is 0.761. The van der Waals surface area contributed by atoms with E-state index >= 15 is 0 Å². The van der Waals surface area contributed by atoms with Crippen molar-refractivity contribution in [3.05, 3.63) is 39.0 Å².